The maximum atomic E-state index is 13.1. The summed E-state index contributed by atoms with van der Waals surface area (Å²) in [5.74, 6) is -0.351. The molecule has 0 saturated heterocycles. The van der Waals surface area contributed by atoms with Crippen molar-refractivity contribution in [3.05, 3.63) is 60.0 Å². The molecule has 1 aliphatic carbocycles. The van der Waals surface area contributed by atoms with Gasteiger partial charge in [-0.15, -0.1) is 0 Å². The van der Waals surface area contributed by atoms with E-state index in [0.717, 1.165) is 30.6 Å². The molecule has 0 spiro atoms. The van der Waals surface area contributed by atoms with Gasteiger partial charge in [0.2, 0.25) is 10.0 Å². The second-order valence-corrected chi connectivity index (χ2v) is 12.2. The lowest BCUT2D eigenvalue weighted by Gasteiger charge is -2.36. The molecule has 4 rings (SSSR count). The standard InChI is InChI=1S/C26H35N5O3S/c1-18(2)30-35(33,34)23-13-19(12-21(14-23)28-20-8-7-10-26(3,4)15-20)25(32)27-16-22-17-31-11-6-5-9-24(31)29-22/h5-6,9,11-14,17-18,20,28,30H,7-8,10,15-16H2,1-4H3,(H,27,32)/t20-/m1/s1. The van der Waals surface area contributed by atoms with Crippen molar-refractivity contribution >= 4 is 27.3 Å². The van der Waals surface area contributed by atoms with Crippen LogP contribution >= 0.6 is 0 Å². The molecule has 2 heterocycles. The highest BCUT2D eigenvalue weighted by Gasteiger charge is 2.28. The maximum absolute atomic E-state index is 13.1. The Hall–Kier alpha value is -2.91. The van der Waals surface area contributed by atoms with E-state index < -0.39 is 10.0 Å². The number of nitrogens with one attached hydrogen (secondary N) is 3. The van der Waals surface area contributed by atoms with Gasteiger partial charge in [0.15, 0.2) is 0 Å². The molecule has 1 aromatic carbocycles. The average Bonchev–Trinajstić information content (AvgIpc) is 3.19. The van der Waals surface area contributed by atoms with Gasteiger partial charge in [0.25, 0.3) is 5.91 Å². The summed E-state index contributed by atoms with van der Waals surface area (Å²) >= 11 is 0. The van der Waals surface area contributed by atoms with Crippen LogP contribution in [0.25, 0.3) is 5.65 Å². The number of carbonyl (C=O) groups excluding carboxylic acids is 1. The van der Waals surface area contributed by atoms with Gasteiger partial charge in [0, 0.05) is 35.7 Å². The third-order valence-electron chi connectivity index (χ3n) is 6.29. The second kappa shape index (κ2) is 9.99. The number of nitrogens with zero attached hydrogens (tertiary/aromatic N) is 2. The second-order valence-electron chi connectivity index (χ2n) is 10.5. The minimum absolute atomic E-state index is 0.0733. The predicted molar refractivity (Wildman–Crippen MR) is 138 cm³/mol. The Morgan fingerprint density at radius 1 is 1.23 bits per heavy atom. The number of carbonyl (C=O) groups is 1. The number of pyridine rings is 1. The molecule has 1 amide bonds. The quantitative estimate of drug-likeness (QED) is 0.430. The van der Waals surface area contributed by atoms with Crippen LogP contribution in [0, 0.1) is 5.41 Å². The summed E-state index contributed by atoms with van der Waals surface area (Å²) in [5.41, 5.74) is 2.67. The van der Waals surface area contributed by atoms with Crippen LogP contribution in [-0.2, 0) is 16.6 Å². The first-order valence-corrected chi connectivity index (χ1v) is 13.6. The zero-order valence-electron chi connectivity index (χ0n) is 20.8. The number of hydrogen-bond donors (Lipinski definition) is 3. The molecule has 0 bridgehead atoms. The van der Waals surface area contributed by atoms with Crippen molar-refractivity contribution in [1.82, 2.24) is 19.4 Å². The van der Waals surface area contributed by atoms with Crippen LogP contribution in [-0.4, -0.2) is 35.8 Å². The van der Waals surface area contributed by atoms with Crippen molar-refractivity contribution in [2.24, 2.45) is 5.41 Å². The topological polar surface area (TPSA) is 105 Å². The highest BCUT2D eigenvalue weighted by atomic mass is 32.2. The van der Waals surface area contributed by atoms with E-state index in [1.807, 2.05) is 35.0 Å². The Morgan fingerprint density at radius 2 is 2.03 bits per heavy atom. The van der Waals surface area contributed by atoms with Gasteiger partial charge in [-0.3, -0.25) is 4.79 Å². The first-order valence-electron chi connectivity index (χ1n) is 12.2. The van der Waals surface area contributed by atoms with Crippen molar-refractivity contribution in [3.8, 4) is 0 Å². The number of imidazole rings is 1. The Kier molecular flexibility index (Phi) is 7.19. The van der Waals surface area contributed by atoms with Crippen LogP contribution in [0.4, 0.5) is 5.69 Å². The lowest BCUT2D eigenvalue weighted by atomic mass is 9.75. The Morgan fingerprint density at radius 3 is 2.74 bits per heavy atom. The lowest BCUT2D eigenvalue weighted by Crippen LogP contribution is -2.33. The van der Waals surface area contributed by atoms with Crippen molar-refractivity contribution in [2.75, 3.05) is 5.32 Å². The number of hydrogen-bond acceptors (Lipinski definition) is 5. The molecule has 9 heteroatoms. The lowest BCUT2D eigenvalue weighted by molar-refractivity contribution is 0.0950. The van der Waals surface area contributed by atoms with Crippen LogP contribution in [0.2, 0.25) is 0 Å². The third kappa shape index (κ3) is 6.41. The SMILES string of the molecule is CC(C)NS(=O)(=O)c1cc(N[C@@H]2CCCC(C)(C)C2)cc(C(=O)NCc2cn3ccccc3n2)c1. The molecule has 0 radical (unpaired) electrons. The molecule has 35 heavy (non-hydrogen) atoms. The Bertz CT molecular complexity index is 1280. The molecule has 1 fully saturated rings. The highest BCUT2D eigenvalue weighted by molar-refractivity contribution is 7.89. The van der Waals surface area contributed by atoms with Crippen LogP contribution in [0.15, 0.2) is 53.7 Å². The first kappa shape index (κ1) is 25.2. The number of benzene rings is 1. The molecule has 3 aromatic rings. The molecular weight excluding hydrogens is 462 g/mol. The molecule has 0 unspecified atom stereocenters. The van der Waals surface area contributed by atoms with E-state index in [1.165, 1.54) is 12.5 Å². The van der Waals surface area contributed by atoms with Gasteiger partial charge in [-0.05, 0) is 68.9 Å². The third-order valence-corrected chi connectivity index (χ3v) is 7.93. The number of sulfonamides is 1. The van der Waals surface area contributed by atoms with Gasteiger partial charge in [-0.2, -0.15) is 0 Å². The number of fused-ring (bicyclic) bond motifs is 1. The fourth-order valence-electron chi connectivity index (χ4n) is 4.75. The molecule has 1 atom stereocenters. The van der Waals surface area contributed by atoms with Crippen molar-refractivity contribution in [2.45, 2.75) is 76.9 Å². The van der Waals surface area contributed by atoms with Gasteiger partial charge in [-0.1, -0.05) is 26.3 Å². The summed E-state index contributed by atoms with van der Waals surface area (Å²) < 4.78 is 30.4. The van der Waals surface area contributed by atoms with Crippen molar-refractivity contribution < 1.29 is 13.2 Å². The minimum atomic E-state index is -3.77. The zero-order valence-corrected chi connectivity index (χ0v) is 21.7. The molecule has 8 nitrogen and oxygen atoms in total. The molecule has 1 saturated carbocycles. The van der Waals surface area contributed by atoms with Gasteiger partial charge >= 0.3 is 0 Å². The van der Waals surface area contributed by atoms with E-state index in [-0.39, 0.29) is 40.4 Å². The van der Waals surface area contributed by atoms with Gasteiger partial charge < -0.3 is 15.0 Å². The molecule has 1 aliphatic rings. The fraction of sp³-hybridized carbons (Fsp3) is 0.462. The van der Waals surface area contributed by atoms with E-state index in [4.69, 9.17) is 0 Å². The summed E-state index contributed by atoms with van der Waals surface area (Å²) in [5, 5.41) is 6.38. The Balaban J connectivity index is 1.58. The van der Waals surface area contributed by atoms with Gasteiger partial charge in [-0.25, -0.2) is 18.1 Å². The largest absolute Gasteiger partial charge is 0.382 e. The van der Waals surface area contributed by atoms with Crippen LogP contribution < -0.4 is 15.4 Å². The van der Waals surface area contributed by atoms with Gasteiger partial charge in [0.1, 0.15) is 5.65 Å². The van der Waals surface area contributed by atoms with Crippen molar-refractivity contribution in [1.29, 1.82) is 0 Å². The maximum Gasteiger partial charge on any atom is 0.251 e. The average molecular weight is 498 g/mol. The van der Waals surface area contributed by atoms with E-state index in [0.29, 0.717) is 5.69 Å². The normalized spacial score (nSPS) is 18.0. The van der Waals surface area contributed by atoms with Crippen LogP contribution in [0.1, 0.15) is 69.4 Å². The molecule has 3 N–H and O–H groups in total. The van der Waals surface area contributed by atoms with Crippen molar-refractivity contribution in [3.63, 3.8) is 0 Å². The predicted octanol–water partition coefficient (Wildman–Crippen LogP) is 4.33. The minimum Gasteiger partial charge on any atom is -0.382 e. The zero-order chi connectivity index (χ0) is 25.2. The van der Waals surface area contributed by atoms with Crippen LogP contribution in [0.5, 0.6) is 0 Å². The summed E-state index contributed by atoms with van der Waals surface area (Å²) in [4.78, 5) is 17.7. The number of rotatable bonds is 8. The summed E-state index contributed by atoms with van der Waals surface area (Å²) in [7, 11) is -3.77. The molecule has 188 valence electrons. The van der Waals surface area contributed by atoms with E-state index in [2.05, 4.69) is 34.2 Å². The first-order chi connectivity index (χ1) is 16.5. The van der Waals surface area contributed by atoms with E-state index in [9.17, 15) is 13.2 Å². The number of anilines is 1. The fourth-order valence-corrected chi connectivity index (χ4v) is 6.07. The highest BCUT2D eigenvalue weighted by Crippen LogP contribution is 2.36. The van der Waals surface area contributed by atoms with Crippen LogP contribution in [0.3, 0.4) is 0 Å². The van der Waals surface area contributed by atoms with E-state index in [1.54, 1.807) is 26.0 Å². The summed E-state index contributed by atoms with van der Waals surface area (Å²) in [6.45, 7) is 8.29. The molecular formula is C26H35N5O3S. The van der Waals surface area contributed by atoms with Gasteiger partial charge in [0.05, 0.1) is 17.1 Å². The molecule has 2 aromatic heterocycles. The summed E-state index contributed by atoms with van der Waals surface area (Å²) in [6, 6.07) is 10.5. The summed E-state index contributed by atoms with van der Waals surface area (Å²) in [6.07, 6.45) is 8.05. The monoisotopic (exact) mass is 497 g/mol. The number of aromatic nitrogens is 2. The number of amides is 1. The smallest absolute Gasteiger partial charge is 0.251 e. The Labute approximate surface area is 207 Å². The van der Waals surface area contributed by atoms with E-state index >= 15 is 0 Å². The molecule has 0 aliphatic heterocycles.